The molecule has 1 aromatic heterocycles. The highest BCUT2D eigenvalue weighted by Crippen LogP contribution is 2.06. The van der Waals surface area contributed by atoms with E-state index in [1.54, 1.807) is 12.4 Å². The van der Waals surface area contributed by atoms with Crippen molar-refractivity contribution in [3.05, 3.63) is 30.1 Å². The third-order valence-corrected chi connectivity index (χ3v) is 2.50. The summed E-state index contributed by atoms with van der Waals surface area (Å²) >= 11 is 0. The first kappa shape index (κ1) is 9.62. The molecule has 1 aromatic rings. The maximum atomic E-state index is 5.61. The SMILES string of the molecule is c1cc(COC[C@H]2CCCN2)ccn1. The number of nitrogens with zero attached hydrogens (tertiary/aromatic N) is 1. The Morgan fingerprint density at radius 3 is 3.00 bits per heavy atom. The van der Waals surface area contributed by atoms with Gasteiger partial charge in [-0.05, 0) is 37.1 Å². The summed E-state index contributed by atoms with van der Waals surface area (Å²) in [7, 11) is 0. The van der Waals surface area contributed by atoms with E-state index in [9.17, 15) is 0 Å². The Balaban J connectivity index is 1.67. The molecule has 0 bridgehead atoms. The zero-order valence-electron chi connectivity index (χ0n) is 8.28. The zero-order chi connectivity index (χ0) is 9.64. The van der Waals surface area contributed by atoms with Crippen LogP contribution in [0.1, 0.15) is 18.4 Å². The van der Waals surface area contributed by atoms with Crippen molar-refractivity contribution in [3.63, 3.8) is 0 Å². The van der Waals surface area contributed by atoms with Crippen LogP contribution in [0.4, 0.5) is 0 Å². The minimum atomic E-state index is 0.567. The summed E-state index contributed by atoms with van der Waals surface area (Å²) in [4.78, 5) is 3.96. The van der Waals surface area contributed by atoms with Gasteiger partial charge in [0.05, 0.1) is 13.2 Å². The zero-order valence-corrected chi connectivity index (χ0v) is 8.28. The number of rotatable bonds is 4. The van der Waals surface area contributed by atoms with Crippen LogP contribution >= 0.6 is 0 Å². The Bertz CT molecular complexity index is 257. The van der Waals surface area contributed by atoms with Gasteiger partial charge >= 0.3 is 0 Å². The summed E-state index contributed by atoms with van der Waals surface area (Å²) in [5, 5.41) is 3.41. The van der Waals surface area contributed by atoms with Crippen LogP contribution in [0.3, 0.4) is 0 Å². The van der Waals surface area contributed by atoms with Crippen LogP contribution in [0.2, 0.25) is 0 Å². The van der Waals surface area contributed by atoms with Crippen molar-refractivity contribution in [2.24, 2.45) is 0 Å². The summed E-state index contributed by atoms with van der Waals surface area (Å²) in [6.45, 7) is 2.66. The van der Waals surface area contributed by atoms with Crippen LogP contribution in [0.5, 0.6) is 0 Å². The monoisotopic (exact) mass is 192 g/mol. The molecule has 1 N–H and O–H groups in total. The molecule has 0 unspecified atom stereocenters. The van der Waals surface area contributed by atoms with Gasteiger partial charge in [0.2, 0.25) is 0 Å². The van der Waals surface area contributed by atoms with Crippen LogP contribution < -0.4 is 5.32 Å². The largest absolute Gasteiger partial charge is 0.375 e. The second-order valence-electron chi connectivity index (χ2n) is 3.66. The average Bonchev–Trinajstić information content (AvgIpc) is 2.72. The molecule has 0 spiro atoms. The lowest BCUT2D eigenvalue weighted by Gasteiger charge is -2.10. The average molecular weight is 192 g/mol. The van der Waals surface area contributed by atoms with Crippen molar-refractivity contribution < 1.29 is 4.74 Å². The van der Waals surface area contributed by atoms with E-state index < -0.39 is 0 Å². The van der Waals surface area contributed by atoms with E-state index in [2.05, 4.69) is 10.3 Å². The van der Waals surface area contributed by atoms with E-state index >= 15 is 0 Å². The Kier molecular flexibility index (Phi) is 3.49. The van der Waals surface area contributed by atoms with E-state index in [-0.39, 0.29) is 0 Å². The van der Waals surface area contributed by atoms with Crippen molar-refractivity contribution in [2.75, 3.05) is 13.2 Å². The summed E-state index contributed by atoms with van der Waals surface area (Å²) < 4.78 is 5.61. The lowest BCUT2D eigenvalue weighted by atomic mass is 10.2. The van der Waals surface area contributed by atoms with Crippen molar-refractivity contribution in [3.8, 4) is 0 Å². The van der Waals surface area contributed by atoms with Gasteiger partial charge in [0.25, 0.3) is 0 Å². The van der Waals surface area contributed by atoms with Crippen molar-refractivity contribution in [1.82, 2.24) is 10.3 Å². The third-order valence-electron chi connectivity index (χ3n) is 2.50. The predicted octanol–water partition coefficient (Wildman–Crippen LogP) is 1.35. The van der Waals surface area contributed by atoms with Crippen LogP contribution in [0.25, 0.3) is 0 Å². The van der Waals surface area contributed by atoms with Gasteiger partial charge in [0.15, 0.2) is 0 Å². The second-order valence-corrected chi connectivity index (χ2v) is 3.66. The summed E-state index contributed by atoms with van der Waals surface area (Å²) in [5.41, 5.74) is 1.19. The molecule has 0 radical (unpaired) electrons. The maximum Gasteiger partial charge on any atom is 0.0718 e. The number of hydrogen-bond donors (Lipinski definition) is 1. The van der Waals surface area contributed by atoms with Gasteiger partial charge < -0.3 is 10.1 Å². The topological polar surface area (TPSA) is 34.1 Å². The molecule has 3 heteroatoms. The first-order chi connectivity index (χ1) is 6.95. The minimum Gasteiger partial charge on any atom is -0.375 e. The van der Waals surface area contributed by atoms with Crippen molar-refractivity contribution >= 4 is 0 Å². The Hall–Kier alpha value is -0.930. The highest BCUT2D eigenvalue weighted by atomic mass is 16.5. The van der Waals surface area contributed by atoms with E-state index in [0.717, 1.165) is 13.2 Å². The number of ether oxygens (including phenoxy) is 1. The fraction of sp³-hybridized carbons (Fsp3) is 0.545. The number of aromatic nitrogens is 1. The molecule has 1 fully saturated rings. The molecule has 1 aliphatic rings. The van der Waals surface area contributed by atoms with E-state index in [4.69, 9.17) is 4.74 Å². The molecule has 0 aliphatic carbocycles. The van der Waals surface area contributed by atoms with Crippen molar-refractivity contribution in [1.29, 1.82) is 0 Å². The highest BCUT2D eigenvalue weighted by Gasteiger charge is 2.13. The smallest absolute Gasteiger partial charge is 0.0718 e. The van der Waals surface area contributed by atoms with Crippen LogP contribution in [-0.2, 0) is 11.3 Å². The van der Waals surface area contributed by atoms with E-state index in [0.29, 0.717) is 12.6 Å². The fourth-order valence-electron chi connectivity index (χ4n) is 1.70. The van der Waals surface area contributed by atoms with Crippen LogP contribution in [0, 0.1) is 0 Å². The van der Waals surface area contributed by atoms with Gasteiger partial charge in [-0.1, -0.05) is 0 Å². The van der Waals surface area contributed by atoms with Crippen molar-refractivity contribution in [2.45, 2.75) is 25.5 Å². The third kappa shape index (κ3) is 2.79. The standard InChI is InChI=1S/C11H16N2O/c1-2-11(13-5-1)9-14-8-10-3-6-12-7-4-10/h3-4,6-7,11,13H,1-2,5,8-9H2/t11-/m1/s1. The van der Waals surface area contributed by atoms with Crippen LogP contribution in [0.15, 0.2) is 24.5 Å². The molecular formula is C11H16N2O. The fourth-order valence-corrected chi connectivity index (χ4v) is 1.70. The lowest BCUT2D eigenvalue weighted by Crippen LogP contribution is -2.26. The van der Waals surface area contributed by atoms with Gasteiger partial charge in [-0.25, -0.2) is 0 Å². The van der Waals surface area contributed by atoms with Gasteiger partial charge in [0.1, 0.15) is 0 Å². The minimum absolute atomic E-state index is 0.567. The maximum absolute atomic E-state index is 5.61. The van der Waals surface area contributed by atoms with Gasteiger partial charge in [0, 0.05) is 18.4 Å². The first-order valence-corrected chi connectivity index (χ1v) is 5.15. The molecule has 76 valence electrons. The molecule has 3 nitrogen and oxygen atoms in total. The molecule has 14 heavy (non-hydrogen) atoms. The molecule has 1 atom stereocenters. The predicted molar refractivity (Wildman–Crippen MR) is 54.9 cm³/mol. The molecule has 0 saturated carbocycles. The molecule has 1 aliphatic heterocycles. The molecule has 2 rings (SSSR count). The molecule has 0 amide bonds. The van der Waals surface area contributed by atoms with Gasteiger partial charge in [-0.3, -0.25) is 4.98 Å². The molecule has 2 heterocycles. The second kappa shape index (κ2) is 5.08. The molecule has 0 aromatic carbocycles. The quantitative estimate of drug-likeness (QED) is 0.782. The number of hydrogen-bond acceptors (Lipinski definition) is 3. The highest BCUT2D eigenvalue weighted by molar-refractivity contribution is 5.07. The summed E-state index contributed by atoms with van der Waals surface area (Å²) in [5.74, 6) is 0. The molecule has 1 saturated heterocycles. The van der Waals surface area contributed by atoms with E-state index in [1.807, 2.05) is 12.1 Å². The lowest BCUT2D eigenvalue weighted by molar-refractivity contribution is 0.103. The van der Waals surface area contributed by atoms with Gasteiger partial charge in [-0.2, -0.15) is 0 Å². The summed E-state index contributed by atoms with van der Waals surface area (Å²) in [6, 6.07) is 4.54. The number of pyridine rings is 1. The first-order valence-electron chi connectivity index (χ1n) is 5.15. The van der Waals surface area contributed by atoms with E-state index in [1.165, 1.54) is 18.4 Å². The van der Waals surface area contributed by atoms with Gasteiger partial charge in [-0.15, -0.1) is 0 Å². The summed E-state index contributed by atoms with van der Waals surface area (Å²) in [6.07, 6.45) is 6.12. The Labute approximate surface area is 84.5 Å². The van der Waals surface area contributed by atoms with Crippen LogP contribution in [-0.4, -0.2) is 24.2 Å². The Morgan fingerprint density at radius 2 is 2.29 bits per heavy atom. The Morgan fingerprint density at radius 1 is 1.43 bits per heavy atom. The normalized spacial score (nSPS) is 21.3. The number of nitrogens with one attached hydrogen (secondary N) is 1. The molecular weight excluding hydrogens is 176 g/mol.